The molecule has 2 aromatic rings. The van der Waals surface area contributed by atoms with E-state index in [1.807, 2.05) is 24.3 Å². The summed E-state index contributed by atoms with van der Waals surface area (Å²) >= 11 is 0. The number of aromatic nitrogens is 1. The molecule has 0 fully saturated rings. The summed E-state index contributed by atoms with van der Waals surface area (Å²) in [6.07, 6.45) is 0. The smallest absolute Gasteiger partial charge is 0.360 e. The van der Waals surface area contributed by atoms with Crippen LogP contribution in [-0.2, 0) is 16.1 Å². The van der Waals surface area contributed by atoms with Gasteiger partial charge < -0.3 is 13.9 Å². The maximum absolute atomic E-state index is 11.7. The number of aryl methyl sites for hydroxylation is 1. The average Bonchev–Trinajstić information content (AvgIpc) is 2.82. The predicted octanol–water partition coefficient (Wildman–Crippen LogP) is 2.97. The van der Waals surface area contributed by atoms with Crippen LogP contribution in [0, 0.1) is 6.92 Å². The number of carbonyl (C=O) groups excluding carboxylic acids is 1. The molecule has 0 saturated carbocycles. The van der Waals surface area contributed by atoms with E-state index in [9.17, 15) is 4.79 Å². The summed E-state index contributed by atoms with van der Waals surface area (Å²) in [5, 5.41) is 0. The molecular formula is C15H17NO4. The molecule has 5 nitrogen and oxygen atoms in total. The summed E-state index contributed by atoms with van der Waals surface area (Å²) in [5.41, 5.74) is 2.09. The van der Waals surface area contributed by atoms with E-state index in [0.717, 1.165) is 11.1 Å². The second-order valence-corrected chi connectivity index (χ2v) is 4.27. The highest BCUT2D eigenvalue weighted by molar-refractivity contribution is 5.88. The van der Waals surface area contributed by atoms with Gasteiger partial charge >= 0.3 is 5.97 Å². The van der Waals surface area contributed by atoms with Crippen LogP contribution in [0.3, 0.4) is 0 Å². The average molecular weight is 275 g/mol. The van der Waals surface area contributed by atoms with Crippen LogP contribution in [0.5, 0.6) is 0 Å². The number of oxazole rings is 1. The highest BCUT2D eigenvalue weighted by Gasteiger charge is 2.18. The van der Waals surface area contributed by atoms with Gasteiger partial charge in [0.15, 0.2) is 5.69 Å². The zero-order chi connectivity index (χ0) is 14.5. The number of esters is 1. The molecule has 1 aromatic carbocycles. The molecule has 0 saturated heterocycles. The fraction of sp³-hybridized carbons (Fsp3) is 0.333. The van der Waals surface area contributed by atoms with E-state index >= 15 is 0 Å². The summed E-state index contributed by atoms with van der Waals surface area (Å²) in [7, 11) is 1.65. The Morgan fingerprint density at radius 2 is 2.00 bits per heavy atom. The van der Waals surface area contributed by atoms with Crippen molar-refractivity contribution in [1.29, 1.82) is 0 Å². The Morgan fingerprint density at radius 1 is 1.30 bits per heavy atom. The van der Waals surface area contributed by atoms with Crippen molar-refractivity contribution in [2.45, 2.75) is 20.5 Å². The van der Waals surface area contributed by atoms with Crippen molar-refractivity contribution in [3.05, 3.63) is 41.3 Å². The second kappa shape index (κ2) is 6.34. The molecular weight excluding hydrogens is 258 g/mol. The first-order chi connectivity index (χ1) is 9.65. The van der Waals surface area contributed by atoms with Gasteiger partial charge in [-0.05, 0) is 31.5 Å². The number of nitrogens with zero attached hydrogens (tertiary/aromatic N) is 1. The first-order valence-corrected chi connectivity index (χ1v) is 6.38. The summed E-state index contributed by atoms with van der Waals surface area (Å²) in [6, 6.07) is 7.63. The quantitative estimate of drug-likeness (QED) is 0.785. The second-order valence-electron chi connectivity index (χ2n) is 4.27. The number of hydrogen-bond acceptors (Lipinski definition) is 5. The van der Waals surface area contributed by atoms with E-state index in [4.69, 9.17) is 13.9 Å². The molecule has 0 aliphatic heterocycles. The molecule has 0 bridgehead atoms. The molecule has 0 amide bonds. The minimum atomic E-state index is -0.462. The SMILES string of the molecule is CCOC(=O)c1nc(-c2ccc(COC)cc2)oc1C. The lowest BCUT2D eigenvalue weighted by Crippen LogP contribution is -2.06. The highest BCUT2D eigenvalue weighted by Crippen LogP contribution is 2.22. The molecule has 2 rings (SSSR count). The largest absolute Gasteiger partial charge is 0.461 e. The van der Waals surface area contributed by atoms with E-state index in [1.165, 1.54) is 0 Å². The van der Waals surface area contributed by atoms with Crippen molar-refractivity contribution in [2.24, 2.45) is 0 Å². The zero-order valence-corrected chi connectivity index (χ0v) is 11.8. The topological polar surface area (TPSA) is 61.6 Å². The van der Waals surface area contributed by atoms with Gasteiger partial charge in [-0.15, -0.1) is 0 Å². The Balaban J connectivity index is 2.25. The third-order valence-corrected chi connectivity index (χ3v) is 2.78. The van der Waals surface area contributed by atoms with Crippen molar-refractivity contribution >= 4 is 5.97 Å². The number of methoxy groups -OCH3 is 1. The first-order valence-electron chi connectivity index (χ1n) is 6.38. The van der Waals surface area contributed by atoms with Crippen LogP contribution in [0.1, 0.15) is 28.7 Å². The third kappa shape index (κ3) is 3.05. The number of carbonyl (C=O) groups is 1. The summed E-state index contributed by atoms with van der Waals surface area (Å²) in [4.78, 5) is 15.9. The maximum atomic E-state index is 11.7. The molecule has 0 aliphatic rings. The molecule has 1 heterocycles. The van der Waals surface area contributed by atoms with Gasteiger partial charge in [0, 0.05) is 12.7 Å². The van der Waals surface area contributed by atoms with Crippen LogP contribution in [0.15, 0.2) is 28.7 Å². The van der Waals surface area contributed by atoms with Crippen LogP contribution in [0.2, 0.25) is 0 Å². The van der Waals surface area contributed by atoms with Gasteiger partial charge in [-0.1, -0.05) is 12.1 Å². The first kappa shape index (κ1) is 14.3. The van der Waals surface area contributed by atoms with Crippen molar-refractivity contribution in [3.8, 4) is 11.5 Å². The number of rotatable bonds is 5. The molecule has 0 unspecified atom stereocenters. The number of ether oxygens (including phenoxy) is 2. The Hall–Kier alpha value is -2.14. The van der Waals surface area contributed by atoms with Gasteiger partial charge in [0.05, 0.1) is 13.2 Å². The van der Waals surface area contributed by atoms with Gasteiger partial charge in [0.25, 0.3) is 0 Å². The number of benzene rings is 1. The molecule has 20 heavy (non-hydrogen) atoms. The fourth-order valence-corrected chi connectivity index (χ4v) is 1.82. The van der Waals surface area contributed by atoms with E-state index in [0.29, 0.717) is 24.9 Å². The van der Waals surface area contributed by atoms with Crippen molar-refractivity contribution in [3.63, 3.8) is 0 Å². The zero-order valence-electron chi connectivity index (χ0n) is 11.8. The lowest BCUT2D eigenvalue weighted by molar-refractivity contribution is 0.0518. The summed E-state index contributed by atoms with van der Waals surface area (Å²) < 4.78 is 15.5. The van der Waals surface area contributed by atoms with Crippen LogP contribution in [0.4, 0.5) is 0 Å². The Kier molecular flexibility index (Phi) is 4.53. The Bertz CT molecular complexity index is 586. The van der Waals surface area contributed by atoms with E-state index in [1.54, 1.807) is 21.0 Å². The molecule has 5 heteroatoms. The molecule has 1 aromatic heterocycles. The fourth-order valence-electron chi connectivity index (χ4n) is 1.82. The van der Waals surface area contributed by atoms with Gasteiger partial charge in [-0.2, -0.15) is 0 Å². The standard InChI is InChI=1S/C15H17NO4/c1-4-19-15(17)13-10(2)20-14(16-13)12-7-5-11(6-8-12)9-18-3/h5-8H,4,9H2,1-3H3. The maximum Gasteiger partial charge on any atom is 0.360 e. The van der Waals surface area contributed by atoms with Gasteiger partial charge in [-0.25, -0.2) is 9.78 Å². The lowest BCUT2D eigenvalue weighted by Gasteiger charge is -2.00. The van der Waals surface area contributed by atoms with Crippen LogP contribution in [-0.4, -0.2) is 24.7 Å². The molecule has 0 radical (unpaired) electrons. The van der Waals surface area contributed by atoms with Crippen LogP contribution in [0.25, 0.3) is 11.5 Å². The lowest BCUT2D eigenvalue weighted by atomic mass is 10.1. The summed E-state index contributed by atoms with van der Waals surface area (Å²) in [5.74, 6) is 0.407. The molecule has 106 valence electrons. The Morgan fingerprint density at radius 3 is 2.60 bits per heavy atom. The summed E-state index contributed by atoms with van der Waals surface area (Å²) in [6.45, 7) is 4.32. The predicted molar refractivity (Wildman–Crippen MR) is 73.3 cm³/mol. The number of hydrogen-bond donors (Lipinski definition) is 0. The van der Waals surface area contributed by atoms with Gasteiger partial charge in [0.1, 0.15) is 5.76 Å². The minimum Gasteiger partial charge on any atom is -0.461 e. The Labute approximate surface area is 117 Å². The highest BCUT2D eigenvalue weighted by atomic mass is 16.5. The van der Waals surface area contributed by atoms with E-state index in [2.05, 4.69) is 4.98 Å². The molecule has 0 spiro atoms. The van der Waals surface area contributed by atoms with Crippen LogP contribution < -0.4 is 0 Å². The van der Waals surface area contributed by atoms with Crippen molar-refractivity contribution in [1.82, 2.24) is 4.98 Å². The molecule has 0 N–H and O–H groups in total. The normalized spacial score (nSPS) is 10.6. The van der Waals surface area contributed by atoms with Gasteiger partial charge in [0.2, 0.25) is 5.89 Å². The van der Waals surface area contributed by atoms with E-state index in [-0.39, 0.29) is 5.69 Å². The van der Waals surface area contributed by atoms with Gasteiger partial charge in [-0.3, -0.25) is 0 Å². The van der Waals surface area contributed by atoms with E-state index < -0.39 is 5.97 Å². The molecule has 0 aliphatic carbocycles. The van der Waals surface area contributed by atoms with Crippen LogP contribution >= 0.6 is 0 Å². The van der Waals surface area contributed by atoms with Crippen molar-refractivity contribution in [2.75, 3.05) is 13.7 Å². The monoisotopic (exact) mass is 275 g/mol. The molecule has 0 atom stereocenters. The minimum absolute atomic E-state index is 0.225. The van der Waals surface area contributed by atoms with Crippen molar-refractivity contribution < 1.29 is 18.7 Å². The third-order valence-electron chi connectivity index (χ3n) is 2.78.